The van der Waals surface area contributed by atoms with E-state index >= 15 is 0 Å². The molecule has 1 aliphatic rings. The third-order valence-electron chi connectivity index (χ3n) is 2.12. The molecule has 5 nitrogen and oxygen atoms in total. The second kappa shape index (κ2) is 3.12. The maximum atomic E-state index is 11.7. The second-order valence-corrected chi connectivity index (χ2v) is 4.86. The molecule has 0 saturated carbocycles. The van der Waals surface area contributed by atoms with Crippen molar-refractivity contribution in [3.05, 3.63) is 12.4 Å². The molecule has 1 N–H and O–H groups in total. The molecular weight excluding hydrogens is 190 g/mol. The van der Waals surface area contributed by atoms with Gasteiger partial charge in [-0.1, -0.05) is 0 Å². The average Bonchev–Trinajstić information content (AvgIpc) is 2.78. The molecule has 0 aromatic carbocycles. The standard InChI is InChI=1S/C7H11N3O2S/c11-13(12,7-8-3-4-9-7)10-5-1-2-6-10/h3-4H,1-2,5-6H2,(H,8,9). The van der Waals surface area contributed by atoms with Gasteiger partial charge in [0.2, 0.25) is 5.16 Å². The molecule has 1 aromatic heterocycles. The fraction of sp³-hybridized carbons (Fsp3) is 0.571. The van der Waals surface area contributed by atoms with E-state index in [1.807, 2.05) is 0 Å². The maximum absolute atomic E-state index is 11.7. The fourth-order valence-corrected chi connectivity index (χ4v) is 2.84. The van der Waals surface area contributed by atoms with Crippen LogP contribution in [0.1, 0.15) is 12.8 Å². The molecule has 0 radical (unpaired) electrons. The smallest absolute Gasteiger partial charge is 0.276 e. The first-order chi connectivity index (χ1) is 6.21. The van der Waals surface area contributed by atoms with Crippen molar-refractivity contribution in [2.24, 2.45) is 0 Å². The van der Waals surface area contributed by atoms with E-state index in [-0.39, 0.29) is 5.16 Å². The predicted molar refractivity (Wildman–Crippen MR) is 46.6 cm³/mol. The number of aromatic amines is 1. The minimum absolute atomic E-state index is 0.0504. The molecule has 0 unspecified atom stereocenters. The number of rotatable bonds is 2. The Morgan fingerprint density at radius 2 is 2.08 bits per heavy atom. The molecule has 1 saturated heterocycles. The lowest BCUT2D eigenvalue weighted by atomic mass is 10.4. The summed E-state index contributed by atoms with van der Waals surface area (Å²) in [7, 11) is -3.33. The van der Waals surface area contributed by atoms with E-state index in [0.717, 1.165) is 12.8 Å². The van der Waals surface area contributed by atoms with Crippen molar-refractivity contribution >= 4 is 10.0 Å². The van der Waals surface area contributed by atoms with Crippen LogP contribution in [0.15, 0.2) is 17.6 Å². The van der Waals surface area contributed by atoms with Crippen LogP contribution < -0.4 is 0 Å². The highest BCUT2D eigenvalue weighted by atomic mass is 32.2. The molecule has 0 amide bonds. The number of hydrogen-bond donors (Lipinski definition) is 1. The molecule has 0 atom stereocenters. The van der Waals surface area contributed by atoms with E-state index in [4.69, 9.17) is 0 Å². The monoisotopic (exact) mass is 201 g/mol. The molecule has 1 aromatic rings. The van der Waals surface area contributed by atoms with Gasteiger partial charge in [-0.15, -0.1) is 0 Å². The Hall–Kier alpha value is -0.880. The van der Waals surface area contributed by atoms with Crippen molar-refractivity contribution in [3.8, 4) is 0 Å². The molecule has 1 aliphatic heterocycles. The summed E-state index contributed by atoms with van der Waals surface area (Å²) in [6.07, 6.45) is 4.85. The fourth-order valence-electron chi connectivity index (χ4n) is 1.44. The zero-order chi connectivity index (χ0) is 9.31. The third kappa shape index (κ3) is 1.47. The first kappa shape index (κ1) is 8.71. The first-order valence-electron chi connectivity index (χ1n) is 4.21. The van der Waals surface area contributed by atoms with Crippen molar-refractivity contribution in [1.82, 2.24) is 14.3 Å². The molecule has 0 aliphatic carbocycles. The number of imidazole rings is 1. The molecular formula is C7H11N3O2S. The van der Waals surface area contributed by atoms with Crippen LogP contribution in [0.2, 0.25) is 0 Å². The van der Waals surface area contributed by atoms with Crippen LogP contribution in [0.3, 0.4) is 0 Å². The van der Waals surface area contributed by atoms with E-state index in [9.17, 15) is 8.42 Å². The number of aromatic nitrogens is 2. The van der Waals surface area contributed by atoms with Gasteiger partial charge >= 0.3 is 0 Å². The second-order valence-electron chi connectivity index (χ2n) is 3.01. The van der Waals surface area contributed by atoms with Crippen LogP contribution in [0.25, 0.3) is 0 Å². The Bertz CT molecular complexity index is 364. The largest absolute Gasteiger partial charge is 0.334 e. The highest BCUT2D eigenvalue weighted by Crippen LogP contribution is 2.17. The van der Waals surface area contributed by atoms with Gasteiger partial charge in [0, 0.05) is 25.5 Å². The number of sulfonamides is 1. The summed E-state index contributed by atoms with van der Waals surface area (Å²) in [4.78, 5) is 6.36. The van der Waals surface area contributed by atoms with Crippen LogP contribution in [0, 0.1) is 0 Å². The van der Waals surface area contributed by atoms with E-state index in [2.05, 4.69) is 9.97 Å². The Morgan fingerprint density at radius 1 is 1.38 bits per heavy atom. The van der Waals surface area contributed by atoms with Crippen LogP contribution >= 0.6 is 0 Å². The molecule has 2 rings (SSSR count). The lowest BCUT2D eigenvalue weighted by Gasteiger charge is -2.12. The van der Waals surface area contributed by atoms with Gasteiger partial charge < -0.3 is 4.98 Å². The summed E-state index contributed by atoms with van der Waals surface area (Å²) in [5.41, 5.74) is 0. The van der Waals surface area contributed by atoms with Crippen molar-refractivity contribution in [2.75, 3.05) is 13.1 Å². The minimum Gasteiger partial charge on any atom is -0.334 e. The van der Waals surface area contributed by atoms with Crippen LogP contribution in [-0.4, -0.2) is 35.8 Å². The molecule has 2 heterocycles. The van der Waals surface area contributed by atoms with E-state index < -0.39 is 10.0 Å². The predicted octanol–water partition coefficient (Wildman–Crippen LogP) is 0.194. The Morgan fingerprint density at radius 3 is 2.62 bits per heavy atom. The molecule has 72 valence electrons. The highest BCUT2D eigenvalue weighted by molar-refractivity contribution is 7.89. The molecule has 6 heteroatoms. The first-order valence-corrected chi connectivity index (χ1v) is 5.65. The summed E-state index contributed by atoms with van der Waals surface area (Å²) >= 11 is 0. The van der Waals surface area contributed by atoms with Gasteiger partial charge in [-0.3, -0.25) is 0 Å². The lowest BCUT2D eigenvalue weighted by Crippen LogP contribution is -2.28. The van der Waals surface area contributed by atoms with Crippen LogP contribution in [0.4, 0.5) is 0 Å². The van der Waals surface area contributed by atoms with Gasteiger partial charge in [-0.2, -0.15) is 4.31 Å². The van der Waals surface area contributed by atoms with Crippen molar-refractivity contribution in [1.29, 1.82) is 0 Å². The Labute approximate surface area is 76.8 Å². The Kier molecular flexibility index (Phi) is 2.09. The third-order valence-corrected chi connectivity index (χ3v) is 3.88. The molecule has 0 spiro atoms. The minimum atomic E-state index is -3.33. The lowest BCUT2D eigenvalue weighted by molar-refractivity contribution is 0.471. The van der Waals surface area contributed by atoms with Crippen LogP contribution in [-0.2, 0) is 10.0 Å². The highest BCUT2D eigenvalue weighted by Gasteiger charge is 2.28. The van der Waals surface area contributed by atoms with Gasteiger partial charge in [-0.05, 0) is 12.8 Å². The summed E-state index contributed by atoms with van der Waals surface area (Å²) in [5.74, 6) is 0. The summed E-state index contributed by atoms with van der Waals surface area (Å²) in [5, 5.41) is 0.0504. The van der Waals surface area contributed by atoms with Gasteiger partial charge in [0.25, 0.3) is 10.0 Å². The van der Waals surface area contributed by atoms with Crippen molar-refractivity contribution in [3.63, 3.8) is 0 Å². The van der Waals surface area contributed by atoms with Gasteiger partial charge in [-0.25, -0.2) is 13.4 Å². The van der Waals surface area contributed by atoms with E-state index in [1.54, 1.807) is 0 Å². The number of nitrogens with one attached hydrogen (secondary N) is 1. The molecule has 1 fully saturated rings. The summed E-state index contributed by atoms with van der Waals surface area (Å²) in [6, 6.07) is 0. The topological polar surface area (TPSA) is 66.1 Å². The van der Waals surface area contributed by atoms with Crippen molar-refractivity contribution < 1.29 is 8.42 Å². The van der Waals surface area contributed by atoms with Crippen molar-refractivity contribution in [2.45, 2.75) is 18.0 Å². The number of H-pyrrole nitrogens is 1. The molecule has 0 bridgehead atoms. The Balaban J connectivity index is 2.30. The number of nitrogens with zero attached hydrogens (tertiary/aromatic N) is 2. The molecule has 13 heavy (non-hydrogen) atoms. The number of hydrogen-bond acceptors (Lipinski definition) is 3. The summed E-state index contributed by atoms with van der Waals surface area (Å²) in [6.45, 7) is 1.23. The zero-order valence-electron chi connectivity index (χ0n) is 7.10. The van der Waals surface area contributed by atoms with Gasteiger partial charge in [0.15, 0.2) is 0 Å². The average molecular weight is 201 g/mol. The zero-order valence-corrected chi connectivity index (χ0v) is 7.92. The van der Waals surface area contributed by atoms with Gasteiger partial charge in [0.1, 0.15) is 0 Å². The SMILES string of the molecule is O=S(=O)(c1ncc[nH]1)N1CCCC1. The normalized spacial score (nSPS) is 19.4. The maximum Gasteiger partial charge on any atom is 0.276 e. The quantitative estimate of drug-likeness (QED) is 0.743. The van der Waals surface area contributed by atoms with E-state index in [0.29, 0.717) is 13.1 Å². The van der Waals surface area contributed by atoms with Crippen LogP contribution in [0.5, 0.6) is 0 Å². The summed E-state index contributed by atoms with van der Waals surface area (Å²) < 4.78 is 24.9. The van der Waals surface area contributed by atoms with E-state index in [1.165, 1.54) is 16.7 Å². The van der Waals surface area contributed by atoms with Gasteiger partial charge in [0.05, 0.1) is 0 Å².